The number of hydrogen-bond acceptors (Lipinski definition) is 3. The van der Waals surface area contributed by atoms with Gasteiger partial charge in [0.05, 0.1) is 12.7 Å². The van der Waals surface area contributed by atoms with E-state index < -0.39 is 0 Å². The Morgan fingerprint density at radius 1 is 1.45 bits per heavy atom. The van der Waals surface area contributed by atoms with Gasteiger partial charge in [0, 0.05) is 26.2 Å². The zero-order valence-corrected chi connectivity index (χ0v) is 6.70. The van der Waals surface area contributed by atoms with Crippen LogP contribution in [0.5, 0.6) is 0 Å². The lowest BCUT2D eigenvalue weighted by Crippen LogP contribution is -2.52. The fourth-order valence-corrected chi connectivity index (χ4v) is 1.78. The molecule has 2 aliphatic heterocycles. The Hall–Kier alpha value is -0.120. The lowest BCUT2D eigenvalue weighted by Gasteiger charge is -2.37. The fourth-order valence-electron chi connectivity index (χ4n) is 1.78. The first kappa shape index (κ1) is 7.53. The third-order valence-corrected chi connectivity index (χ3v) is 2.48. The first-order chi connectivity index (χ1) is 5.34. The van der Waals surface area contributed by atoms with Crippen LogP contribution in [0.4, 0.5) is 0 Å². The number of hydrogen-bond donors (Lipinski definition) is 1. The molecular weight excluding hydrogens is 142 g/mol. The second-order valence-electron chi connectivity index (χ2n) is 3.60. The van der Waals surface area contributed by atoms with Gasteiger partial charge < -0.3 is 9.84 Å². The summed E-state index contributed by atoms with van der Waals surface area (Å²) in [5, 5.41) is 9.02. The summed E-state index contributed by atoms with van der Waals surface area (Å²) in [6.45, 7) is 4.72. The van der Waals surface area contributed by atoms with Gasteiger partial charge in [0.2, 0.25) is 0 Å². The van der Waals surface area contributed by atoms with E-state index >= 15 is 0 Å². The zero-order valence-electron chi connectivity index (χ0n) is 6.70. The molecule has 11 heavy (non-hydrogen) atoms. The molecule has 2 fully saturated rings. The average molecular weight is 157 g/mol. The molecule has 0 amide bonds. The molecule has 0 aromatic rings. The number of aliphatic hydroxyl groups excluding tert-OH is 1. The van der Waals surface area contributed by atoms with Crippen LogP contribution in [0.25, 0.3) is 0 Å². The molecule has 0 saturated carbocycles. The Balaban J connectivity index is 1.66. The maximum Gasteiger partial charge on any atom is 0.0793 e. The normalized spacial score (nSPS) is 34.1. The molecule has 1 N–H and O–H groups in total. The maximum absolute atomic E-state index is 9.02. The Morgan fingerprint density at radius 2 is 2.27 bits per heavy atom. The Labute approximate surface area is 66.9 Å². The highest BCUT2D eigenvalue weighted by Gasteiger charge is 2.27. The van der Waals surface area contributed by atoms with Crippen LogP contribution < -0.4 is 0 Å². The van der Waals surface area contributed by atoms with Crippen LogP contribution in [-0.2, 0) is 4.74 Å². The van der Waals surface area contributed by atoms with Gasteiger partial charge in [-0.05, 0) is 12.3 Å². The molecule has 3 nitrogen and oxygen atoms in total. The van der Waals surface area contributed by atoms with E-state index in [-0.39, 0.29) is 6.10 Å². The number of aliphatic hydroxyl groups is 1. The SMILES string of the molecule is OC1CN(CC2CCOC2)C1. The average Bonchev–Trinajstić information content (AvgIpc) is 2.36. The van der Waals surface area contributed by atoms with Crippen LogP contribution in [0, 0.1) is 5.92 Å². The molecule has 64 valence electrons. The van der Waals surface area contributed by atoms with Gasteiger partial charge in [0.1, 0.15) is 0 Å². The van der Waals surface area contributed by atoms with Crippen molar-refractivity contribution in [2.75, 3.05) is 32.8 Å². The Morgan fingerprint density at radius 3 is 2.82 bits per heavy atom. The van der Waals surface area contributed by atoms with Gasteiger partial charge in [-0.2, -0.15) is 0 Å². The second kappa shape index (κ2) is 3.09. The highest BCUT2D eigenvalue weighted by molar-refractivity contribution is 4.81. The summed E-state index contributed by atoms with van der Waals surface area (Å²) in [7, 11) is 0. The molecule has 0 aromatic heterocycles. The van der Waals surface area contributed by atoms with Gasteiger partial charge in [0.15, 0.2) is 0 Å². The van der Waals surface area contributed by atoms with Crippen LogP contribution in [0.3, 0.4) is 0 Å². The van der Waals surface area contributed by atoms with Crippen molar-refractivity contribution in [3.8, 4) is 0 Å². The number of β-amino-alcohol motifs (C(OH)–C–C–N with tert-alkyl or cyclic N) is 1. The highest BCUT2D eigenvalue weighted by atomic mass is 16.5. The summed E-state index contributed by atoms with van der Waals surface area (Å²) in [5.74, 6) is 0.725. The Kier molecular flexibility index (Phi) is 2.11. The van der Waals surface area contributed by atoms with Crippen molar-refractivity contribution in [2.24, 2.45) is 5.92 Å². The lowest BCUT2D eigenvalue weighted by molar-refractivity contribution is -0.00720. The Bertz CT molecular complexity index is 128. The minimum atomic E-state index is -0.0580. The number of rotatable bonds is 2. The van der Waals surface area contributed by atoms with E-state index in [9.17, 15) is 0 Å². The third-order valence-electron chi connectivity index (χ3n) is 2.48. The van der Waals surface area contributed by atoms with Crippen molar-refractivity contribution in [1.82, 2.24) is 4.90 Å². The van der Waals surface area contributed by atoms with Crippen molar-refractivity contribution in [2.45, 2.75) is 12.5 Å². The van der Waals surface area contributed by atoms with E-state index in [1.165, 1.54) is 6.42 Å². The quantitative estimate of drug-likeness (QED) is 0.597. The van der Waals surface area contributed by atoms with E-state index in [1.54, 1.807) is 0 Å². The molecule has 0 spiro atoms. The van der Waals surface area contributed by atoms with E-state index in [4.69, 9.17) is 9.84 Å². The topological polar surface area (TPSA) is 32.7 Å². The summed E-state index contributed by atoms with van der Waals surface area (Å²) in [6, 6.07) is 0. The largest absolute Gasteiger partial charge is 0.390 e. The van der Waals surface area contributed by atoms with Crippen molar-refractivity contribution in [3.63, 3.8) is 0 Å². The predicted octanol–water partition coefficient (Wildman–Crippen LogP) is -0.301. The molecule has 0 aromatic carbocycles. The zero-order chi connectivity index (χ0) is 7.68. The minimum Gasteiger partial charge on any atom is -0.390 e. The fraction of sp³-hybridized carbons (Fsp3) is 1.00. The molecule has 2 aliphatic rings. The van der Waals surface area contributed by atoms with Crippen molar-refractivity contribution < 1.29 is 9.84 Å². The predicted molar refractivity (Wildman–Crippen MR) is 41.4 cm³/mol. The molecule has 3 heteroatoms. The molecular formula is C8H15NO2. The van der Waals surface area contributed by atoms with Crippen LogP contribution in [0.2, 0.25) is 0 Å². The van der Waals surface area contributed by atoms with Crippen LogP contribution in [0.1, 0.15) is 6.42 Å². The molecule has 0 aliphatic carbocycles. The molecule has 2 heterocycles. The van der Waals surface area contributed by atoms with Gasteiger partial charge in [-0.15, -0.1) is 0 Å². The third kappa shape index (κ3) is 1.72. The molecule has 0 radical (unpaired) electrons. The monoisotopic (exact) mass is 157 g/mol. The van der Waals surface area contributed by atoms with Crippen LogP contribution in [0.15, 0.2) is 0 Å². The standard InChI is InChI=1S/C8H15NO2/c10-8-4-9(5-8)3-7-1-2-11-6-7/h7-8,10H,1-6H2. The van der Waals surface area contributed by atoms with Gasteiger partial charge in [-0.25, -0.2) is 0 Å². The van der Waals surface area contributed by atoms with E-state index in [1.807, 2.05) is 0 Å². The molecule has 1 atom stereocenters. The number of ether oxygens (including phenoxy) is 1. The number of nitrogens with zero attached hydrogens (tertiary/aromatic N) is 1. The van der Waals surface area contributed by atoms with Crippen LogP contribution >= 0.6 is 0 Å². The summed E-state index contributed by atoms with van der Waals surface area (Å²) >= 11 is 0. The molecule has 2 saturated heterocycles. The second-order valence-corrected chi connectivity index (χ2v) is 3.60. The smallest absolute Gasteiger partial charge is 0.0793 e. The van der Waals surface area contributed by atoms with Crippen molar-refractivity contribution in [1.29, 1.82) is 0 Å². The maximum atomic E-state index is 9.02. The molecule has 1 unspecified atom stereocenters. The van der Waals surface area contributed by atoms with Crippen molar-refractivity contribution in [3.05, 3.63) is 0 Å². The van der Waals surface area contributed by atoms with E-state index in [2.05, 4.69) is 4.90 Å². The lowest BCUT2D eigenvalue weighted by atomic mass is 10.1. The summed E-state index contributed by atoms with van der Waals surface area (Å²) < 4.78 is 5.26. The van der Waals surface area contributed by atoms with Gasteiger partial charge >= 0.3 is 0 Å². The summed E-state index contributed by atoms with van der Waals surface area (Å²) in [4.78, 5) is 2.30. The summed E-state index contributed by atoms with van der Waals surface area (Å²) in [6.07, 6.45) is 1.14. The molecule has 2 rings (SSSR count). The van der Waals surface area contributed by atoms with Crippen molar-refractivity contribution >= 4 is 0 Å². The summed E-state index contributed by atoms with van der Waals surface area (Å²) in [5.41, 5.74) is 0. The van der Waals surface area contributed by atoms with E-state index in [0.29, 0.717) is 0 Å². The highest BCUT2D eigenvalue weighted by Crippen LogP contribution is 2.17. The van der Waals surface area contributed by atoms with Gasteiger partial charge in [-0.3, -0.25) is 4.90 Å². The van der Waals surface area contributed by atoms with Crippen LogP contribution in [-0.4, -0.2) is 49.0 Å². The minimum absolute atomic E-state index is 0.0580. The van der Waals surface area contributed by atoms with E-state index in [0.717, 1.165) is 38.8 Å². The first-order valence-corrected chi connectivity index (χ1v) is 4.33. The first-order valence-electron chi connectivity index (χ1n) is 4.33. The number of likely N-dealkylation sites (tertiary alicyclic amines) is 1. The van der Waals surface area contributed by atoms with Gasteiger partial charge in [0.25, 0.3) is 0 Å². The molecule has 0 bridgehead atoms. The van der Waals surface area contributed by atoms with Gasteiger partial charge in [-0.1, -0.05) is 0 Å².